The van der Waals surface area contributed by atoms with Crippen LogP contribution in [0.3, 0.4) is 0 Å². The van der Waals surface area contributed by atoms with Gasteiger partial charge in [0.2, 0.25) is 0 Å². The number of rotatable bonds is 4. The highest BCUT2D eigenvalue weighted by atomic mass is 32.2. The number of aliphatic carboxylic acids is 1. The first kappa shape index (κ1) is 13.3. The van der Waals surface area contributed by atoms with Crippen molar-refractivity contribution in [2.75, 3.05) is 13.7 Å². The van der Waals surface area contributed by atoms with E-state index in [0.717, 1.165) is 15.6 Å². The molecular weight excluding hydrogens is 278 g/mol. The third kappa shape index (κ3) is 2.11. The van der Waals surface area contributed by atoms with Crippen LogP contribution in [0.2, 0.25) is 0 Å². The first-order valence-corrected chi connectivity index (χ1v) is 7.66. The molecule has 1 saturated heterocycles. The Morgan fingerprint density at radius 3 is 2.94 bits per heavy atom. The average molecular weight is 291 g/mol. The van der Waals surface area contributed by atoms with Crippen molar-refractivity contribution in [3.05, 3.63) is 11.4 Å². The molecule has 1 atom stereocenters. The van der Waals surface area contributed by atoms with E-state index in [0.29, 0.717) is 12.8 Å². The van der Waals surface area contributed by atoms with Crippen LogP contribution in [0.15, 0.2) is 15.7 Å². The maximum Gasteiger partial charge on any atom is 0.322 e. The van der Waals surface area contributed by atoms with Crippen LogP contribution in [0, 0.1) is 0 Å². The zero-order chi connectivity index (χ0) is 13.3. The molecule has 1 aliphatic rings. The van der Waals surface area contributed by atoms with Crippen LogP contribution in [0.5, 0.6) is 5.75 Å². The lowest BCUT2D eigenvalue weighted by Gasteiger charge is -2.20. The Hall–Kier alpha value is -1.12. The maximum atomic E-state index is 12.4. The van der Waals surface area contributed by atoms with E-state index in [2.05, 4.69) is 0 Å². The molecular formula is C10H13NO5S2. The van der Waals surface area contributed by atoms with Crippen molar-refractivity contribution < 1.29 is 23.1 Å². The molecule has 0 aliphatic carbocycles. The molecule has 0 bridgehead atoms. The number of carboxylic acids is 1. The fraction of sp³-hybridized carbons (Fsp3) is 0.500. The van der Waals surface area contributed by atoms with Gasteiger partial charge in [0.25, 0.3) is 10.0 Å². The third-order valence-electron chi connectivity index (χ3n) is 2.85. The minimum absolute atomic E-state index is 0.0677. The topological polar surface area (TPSA) is 83.9 Å². The van der Waals surface area contributed by atoms with Gasteiger partial charge in [-0.25, -0.2) is 8.42 Å². The van der Waals surface area contributed by atoms with Gasteiger partial charge in [0.15, 0.2) is 4.21 Å². The standard InChI is InChI=1S/C10H13NO5S2/c1-16-8-4-6-17-10(8)18(14,15)11-5-2-3-7(11)9(12)13/h4,6-7H,2-3,5H2,1H3,(H,12,13)/t7-/m1/s1. The second kappa shape index (κ2) is 4.87. The molecule has 8 heteroatoms. The Labute approximate surface area is 109 Å². The molecule has 0 saturated carbocycles. The van der Waals surface area contributed by atoms with E-state index in [4.69, 9.17) is 9.84 Å². The minimum atomic E-state index is -3.79. The predicted octanol–water partition coefficient (Wildman–Crippen LogP) is 0.994. The summed E-state index contributed by atoms with van der Waals surface area (Å²) >= 11 is 1.03. The van der Waals surface area contributed by atoms with Crippen LogP contribution in [0.1, 0.15) is 12.8 Å². The van der Waals surface area contributed by atoms with Crippen LogP contribution >= 0.6 is 11.3 Å². The van der Waals surface area contributed by atoms with Gasteiger partial charge >= 0.3 is 5.97 Å². The molecule has 0 aromatic carbocycles. The summed E-state index contributed by atoms with van der Waals surface area (Å²) < 4.78 is 30.9. The summed E-state index contributed by atoms with van der Waals surface area (Å²) in [6.07, 6.45) is 0.909. The van der Waals surface area contributed by atoms with E-state index < -0.39 is 22.0 Å². The van der Waals surface area contributed by atoms with E-state index in [1.807, 2.05) is 0 Å². The van der Waals surface area contributed by atoms with Gasteiger partial charge in [0, 0.05) is 6.54 Å². The summed E-state index contributed by atoms with van der Waals surface area (Å²) in [6, 6.07) is 0.588. The number of methoxy groups -OCH3 is 1. The second-order valence-electron chi connectivity index (χ2n) is 3.89. The highest BCUT2D eigenvalue weighted by Crippen LogP contribution is 2.35. The number of nitrogens with zero attached hydrogens (tertiary/aromatic N) is 1. The number of hydrogen-bond donors (Lipinski definition) is 1. The highest BCUT2D eigenvalue weighted by molar-refractivity contribution is 7.91. The normalized spacial score (nSPS) is 21.1. The van der Waals surface area contributed by atoms with Crippen LogP contribution in [-0.4, -0.2) is 43.5 Å². The molecule has 2 heterocycles. The molecule has 0 spiro atoms. The number of hydrogen-bond acceptors (Lipinski definition) is 5. The molecule has 0 unspecified atom stereocenters. The van der Waals surface area contributed by atoms with Gasteiger partial charge in [-0.05, 0) is 24.3 Å². The number of carboxylic acid groups (broad SMARTS) is 1. The van der Waals surface area contributed by atoms with Gasteiger partial charge < -0.3 is 9.84 Å². The Morgan fingerprint density at radius 2 is 2.33 bits per heavy atom. The van der Waals surface area contributed by atoms with Crippen molar-refractivity contribution in [1.82, 2.24) is 4.31 Å². The number of ether oxygens (including phenoxy) is 1. The Kier molecular flexibility index (Phi) is 3.60. The molecule has 0 amide bonds. The van der Waals surface area contributed by atoms with E-state index in [9.17, 15) is 13.2 Å². The summed E-state index contributed by atoms with van der Waals surface area (Å²) in [5, 5.41) is 10.6. The van der Waals surface area contributed by atoms with E-state index in [1.165, 1.54) is 7.11 Å². The first-order chi connectivity index (χ1) is 8.48. The molecule has 2 rings (SSSR count). The minimum Gasteiger partial charge on any atom is -0.494 e. The third-order valence-corrected chi connectivity index (χ3v) is 6.18. The monoisotopic (exact) mass is 291 g/mol. The van der Waals surface area contributed by atoms with E-state index >= 15 is 0 Å². The Balaban J connectivity index is 2.40. The lowest BCUT2D eigenvalue weighted by atomic mass is 10.2. The summed E-state index contributed by atoms with van der Waals surface area (Å²) in [6.45, 7) is 0.236. The predicted molar refractivity (Wildman–Crippen MR) is 65.4 cm³/mol. The first-order valence-electron chi connectivity index (χ1n) is 5.34. The summed E-state index contributed by atoms with van der Waals surface area (Å²) in [5.41, 5.74) is 0. The van der Waals surface area contributed by atoms with Crippen molar-refractivity contribution in [2.45, 2.75) is 23.1 Å². The van der Waals surface area contributed by atoms with Crippen molar-refractivity contribution in [2.24, 2.45) is 0 Å². The van der Waals surface area contributed by atoms with E-state index in [-0.39, 0.29) is 16.5 Å². The number of sulfonamides is 1. The van der Waals surface area contributed by atoms with Gasteiger partial charge in [-0.3, -0.25) is 4.79 Å². The van der Waals surface area contributed by atoms with Gasteiger partial charge in [0.1, 0.15) is 11.8 Å². The molecule has 1 N–H and O–H groups in total. The molecule has 18 heavy (non-hydrogen) atoms. The van der Waals surface area contributed by atoms with Crippen LogP contribution in [0.25, 0.3) is 0 Å². The number of thiophene rings is 1. The molecule has 100 valence electrons. The lowest BCUT2D eigenvalue weighted by Crippen LogP contribution is -2.40. The zero-order valence-corrected chi connectivity index (χ0v) is 11.3. The van der Waals surface area contributed by atoms with Crippen molar-refractivity contribution in [3.63, 3.8) is 0 Å². The Morgan fingerprint density at radius 1 is 1.61 bits per heavy atom. The largest absolute Gasteiger partial charge is 0.494 e. The van der Waals surface area contributed by atoms with Crippen LogP contribution in [-0.2, 0) is 14.8 Å². The summed E-state index contributed by atoms with van der Waals surface area (Å²) in [5.74, 6) is -0.845. The van der Waals surface area contributed by atoms with Gasteiger partial charge in [-0.2, -0.15) is 4.31 Å². The summed E-state index contributed by atoms with van der Waals surface area (Å²) in [7, 11) is -2.40. The van der Waals surface area contributed by atoms with Crippen molar-refractivity contribution in [3.8, 4) is 5.75 Å². The average Bonchev–Trinajstić information content (AvgIpc) is 2.98. The van der Waals surface area contributed by atoms with Crippen molar-refractivity contribution in [1.29, 1.82) is 0 Å². The van der Waals surface area contributed by atoms with Crippen LogP contribution < -0.4 is 4.74 Å². The fourth-order valence-corrected chi connectivity index (χ4v) is 5.05. The van der Waals surface area contributed by atoms with E-state index in [1.54, 1.807) is 11.4 Å². The smallest absolute Gasteiger partial charge is 0.322 e. The molecule has 1 fully saturated rings. The van der Waals surface area contributed by atoms with Gasteiger partial charge in [-0.1, -0.05) is 0 Å². The highest BCUT2D eigenvalue weighted by Gasteiger charge is 2.41. The second-order valence-corrected chi connectivity index (χ2v) is 6.89. The van der Waals surface area contributed by atoms with Crippen LogP contribution in [0.4, 0.5) is 0 Å². The molecule has 1 aromatic heterocycles. The van der Waals surface area contributed by atoms with Crippen molar-refractivity contribution >= 4 is 27.3 Å². The Bertz CT molecular complexity index is 550. The zero-order valence-electron chi connectivity index (χ0n) is 9.70. The molecule has 6 nitrogen and oxygen atoms in total. The molecule has 0 radical (unpaired) electrons. The molecule has 1 aromatic rings. The quantitative estimate of drug-likeness (QED) is 0.894. The SMILES string of the molecule is COc1ccsc1S(=O)(=O)N1CCC[C@@H]1C(=O)O. The summed E-state index contributed by atoms with van der Waals surface area (Å²) in [4.78, 5) is 11.0. The molecule has 1 aliphatic heterocycles. The van der Waals surface area contributed by atoms with Gasteiger partial charge in [0.05, 0.1) is 7.11 Å². The maximum absolute atomic E-state index is 12.4. The van der Waals surface area contributed by atoms with Gasteiger partial charge in [-0.15, -0.1) is 11.3 Å². The lowest BCUT2D eigenvalue weighted by molar-refractivity contribution is -0.140. The number of carbonyl (C=O) groups is 1. The fourth-order valence-electron chi connectivity index (χ4n) is 2.00.